The number of cyclic esters (lactones) is 1. The summed E-state index contributed by atoms with van der Waals surface area (Å²) in [6, 6.07) is -0.278. The minimum absolute atomic E-state index is 0.0840. The number of Topliss-reactive ketones (excluding diaryl/α,β-unsaturated/α-hetero) is 1. The standard InChI is InChI=1S/C17H22BrNO5/c1-17(2)23-15(21)13(16(22)24-17)12-11(9-10(18)14(12)20)19-7-5-3-4-6-8-19/h9,11-12,21H,3-8H2,1-2H3/t11-,12-/m0/s1. The van der Waals surface area contributed by atoms with Crippen LogP contribution in [0, 0.1) is 5.92 Å². The van der Waals surface area contributed by atoms with Crippen LogP contribution >= 0.6 is 15.9 Å². The molecular formula is C17H22BrNO5. The third-order valence-corrected chi connectivity index (χ3v) is 5.34. The number of ether oxygens (including phenoxy) is 2. The summed E-state index contributed by atoms with van der Waals surface area (Å²) in [6.07, 6.45) is 6.27. The zero-order chi connectivity index (χ0) is 17.5. The summed E-state index contributed by atoms with van der Waals surface area (Å²) in [4.78, 5) is 27.3. The van der Waals surface area contributed by atoms with Crippen LogP contribution in [0.4, 0.5) is 0 Å². The van der Waals surface area contributed by atoms with Crippen LogP contribution in [-0.4, -0.2) is 46.7 Å². The minimum Gasteiger partial charge on any atom is -0.480 e. The van der Waals surface area contributed by atoms with Crippen LogP contribution in [0.2, 0.25) is 0 Å². The van der Waals surface area contributed by atoms with Crippen molar-refractivity contribution in [2.24, 2.45) is 5.92 Å². The van der Waals surface area contributed by atoms with Gasteiger partial charge >= 0.3 is 5.97 Å². The van der Waals surface area contributed by atoms with Gasteiger partial charge < -0.3 is 14.6 Å². The summed E-state index contributed by atoms with van der Waals surface area (Å²) in [5.41, 5.74) is -0.0840. The van der Waals surface area contributed by atoms with Crippen LogP contribution in [-0.2, 0) is 19.1 Å². The molecule has 2 atom stereocenters. The molecule has 1 saturated heterocycles. The van der Waals surface area contributed by atoms with E-state index >= 15 is 0 Å². The Balaban J connectivity index is 1.95. The van der Waals surface area contributed by atoms with E-state index in [0.29, 0.717) is 4.48 Å². The summed E-state index contributed by atoms with van der Waals surface area (Å²) < 4.78 is 11.0. The molecule has 2 heterocycles. The first kappa shape index (κ1) is 17.5. The molecule has 132 valence electrons. The number of esters is 1. The van der Waals surface area contributed by atoms with Crippen LogP contribution in [0.15, 0.2) is 22.1 Å². The molecule has 7 heteroatoms. The first-order chi connectivity index (χ1) is 11.3. The monoisotopic (exact) mass is 399 g/mol. The van der Waals surface area contributed by atoms with Crippen molar-refractivity contribution in [3.8, 4) is 0 Å². The van der Waals surface area contributed by atoms with Crippen LogP contribution in [0.1, 0.15) is 39.5 Å². The number of likely N-dealkylation sites (tertiary alicyclic amines) is 1. The fourth-order valence-electron chi connectivity index (χ4n) is 3.58. The molecular weight excluding hydrogens is 378 g/mol. The number of allylic oxidation sites excluding steroid dienone is 1. The van der Waals surface area contributed by atoms with E-state index in [2.05, 4.69) is 20.8 Å². The van der Waals surface area contributed by atoms with Crippen molar-refractivity contribution in [1.29, 1.82) is 0 Å². The molecule has 0 spiro atoms. The topological polar surface area (TPSA) is 76.1 Å². The normalized spacial score (nSPS) is 31.4. The number of hydrogen-bond donors (Lipinski definition) is 1. The van der Waals surface area contributed by atoms with E-state index in [1.807, 2.05) is 6.08 Å². The summed E-state index contributed by atoms with van der Waals surface area (Å²) in [5, 5.41) is 10.3. The molecule has 3 rings (SSSR count). The molecule has 0 saturated carbocycles. The molecule has 3 aliphatic rings. The Morgan fingerprint density at radius 1 is 1.17 bits per heavy atom. The van der Waals surface area contributed by atoms with Gasteiger partial charge in [-0.2, -0.15) is 0 Å². The summed E-state index contributed by atoms with van der Waals surface area (Å²) in [7, 11) is 0. The predicted octanol–water partition coefficient (Wildman–Crippen LogP) is 2.79. The van der Waals surface area contributed by atoms with Crippen molar-refractivity contribution < 1.29 is 24.2 Å². The van der Waals surface area contributed by atoms with Crippen molar-refractivity contribution in [1.82, 2.24) is 4.90 Å². The average Bonchev–Trinajstić information content (AvgIpc) is 2.69. The fourth-order valence-corrected chi connectivity index (χ4v) is 4.09. The van der Waals surface area contributed by atoms with Gasteiger partial charge in [-0.1, -0.05) is 12.8 Å². The fraction of sp³-hybridized carbons (Fsp3) is 0.647. The van der Waals surface area contributed by atoms with E-state index < -0.39 is 23.6 Å². The molecule has 0 aromatic carbocycles. The first-order valence-electron chi connectivity index (χ1n) is 8.31. The number of carbonyl (C=O) groups is 2. The second kappa shape index (κ2) is 6.52. The lowest BCUT2D eigenvalue weighted by Crippen LogP contribution is -2.46. The van der Waals surface area contributed by atoms with Crippen molar-refractivity contribution in [3.05, 3.63) is 22.1 Å². The number of aliphatic hydroxyl groups excluding tert-OH is 1. The summed E-state index contributed by atoms with van der Waals surface area (Å²) >= 11 is 3.29. The maximum Gasteiger partial charge on any atom is 0.345 e. The maximum absolute atomic E-state index is 12.6. The molecule has 1 N–H and O–H groups in total. The Labute approximate surface area is 149 Å². The smallest absolute Gasteiger partial charge is 0.345 e. The molecule has 1 fully saturated rings. The number of hydrogen-bond acceptors (Lipinski definition) is 6. The minimum atomic E-state index is -1.24. The van der Waals surface area contributed by atoms with Gasteiger partial charge in [0.15, 0.2) is 5.78 Å². The van der Waals surface area contributed by atoms with E-state index in [-0.39, 0.29) is 17.4 Å². The third-order valence-electron chi connectivity index (χ3n) is 4.68. The van der Waals surface area contributed by atoms with Gasteiger partial charge in [0, 0.05) is 19.9 Å². The van der Waals surface area contributed by atoms with Crippen LogP contribution in [0.5, 0.6) is 0 Å². The Hall–Kier alpha value is -1.34. The highest BCUT2D eigenvalue weighted by atomic mass is 79.9. The SMILES string of the molecule is CC1(C)OC(=O)C([C@H]2C(=O)C(Br)=C[C@@H]2N2CCCCCC2)=C(O)O1. The second-order valence-corrected chi connectivity index (χ2v) is 7.76. The van der Waals surface area contributed by atoms with Gasteiger partial charge in [-0.25, -0.2) is 4.79 Å². The lowest BCUT2D eigenvalue weighted by atomic mass is 9.90. The molecule has 1 aliphatic carbocycles. The summed E-state index contributed by atoms with van der Waals surface area (Å²) in [6.45, 7) is 4.80. The van der Waals surface area contributed by atoms with Crippen LogP contribution < -0.4 is 0 Å². The van der Waals surface area contributed by atoms with Crippen LogP contribution in [0.25, 0.3) is 0 Å². The van der Waals surface area contributed by atoms with E-state index in [4.69, 9.17) is 9.47 Å². The zero-order valence-electron chi connectivity index (χ0n) is 13.9. The summed E-state index contributed by atoms with van der Waals surface area (Å²) in [5.74, 6) is -3.48. The van der Waals surface area contributed by atoms with Crippen molar-refractivity contribution in [3.63, 3.8) is 0 Å². The van der Waals surface area contributed by atoms with E-state index in [1.54, 1.807) is 0 Å². The van der Waals surface area contributed by atoms with E-state index in [0.717, 1.165) is 25.9 Å². The Morgan fingerprint density at radius 2 is 1.79 bits per heavy atom. The van der Waals surface area contributed by atoms with E-state index in [1.165, 1.54) is 26.7 Å². The van der Waals surface area contributed by atoms with Crippen LogP contribution in [0.3, 0.4) is 0 Å². The van der Waals surface area contributed by atoms with Crippen molar-refractivity contribution in [2.45, 2.75) is 51.4 Å². The molecule has 0 amide bonds. The number of aliphatic hydroxyl groups is 1. The number of rotatable bonds is 2. The molecule has 0 bridgehead atoms. The van der Waals surface area contributed by atoms with Gasteiger partial charge in [0.2, 0.25) is 0 Å². The van der Waals surface area contributed by atoms with Crippen molar-refractivity contribution >= 4 is 27.7 Å². The lowest BCUT2D eigenvalue weighted by molar-refractivity contribution is -0.223. The maximum atomic E-state index is 12.6. The number of carbonyl (C=O) groups excluding carboxylic acids is 2. The first-order valence-corrected chi connectivity index (χ1v) is 9.10. The second-order valence-electron chi connectivity index (χ2n) is 6.91. The highest BCUT2D eigenvalue weighted by Gasteiger charge is 2.49. The Morgan fingerprint density at radius 3 is 2.38 bits per heavy atom. The Kier molecular flexibility index (Phi) is 4.75. The number of ketones is 1. The highest BCUT2D eigenvalue weighted by molar-refractivity contribution is 9.12. The third kappa shape index (κ3) is 3.24. The number of halogens is 1. The molecule has 2 aliphatic heterocycles. The van der Waals surface area contributed by atoms with E-state index in [9.17, 15) is 14.7 Å². The van der Waals surface area contributed by atoms with Gasteiger partial charge in [0.05, 0.1) is 10.4 Å². The molecule has 6 nitrogen and oxygen atoms in total. The van der Waals surface area contributed by atoms with Gasteiger partial charge in [-0.05, 0) is 47.9 Å². The lowest BCUT2D eigenvalue weighted by Gasteiger charge is -2.35. The molecule has 0 radical (unpaired) electrons. The Bertz CT molecular complexity index is 616. The molecule has 0 unspecified atom stereocenters. The van der Waals surface area contributed by atoms with Gasteiger partial charge in [-0.15, -0.1) is 0 Å². The molecule has 0 aromatic heterocycles. The quantitative estimate of drug-likeness (QED) is 0.719. The predicted molar refractivity (Wildman–Crippen MR) is 90.2 cm³/mol. The number of nitrogens with zero attached hydrogens (tertiary/aromatic N) is 1. The highest BCUT2D eigenvalue weighted by Crippen LogP contribution is 2.39. The van der Waals surface area contributed by atoms with Gasteiger partial charge in [0.1, 0.15) is 5.57 Å². The largest absolute Gasteiger partial charge is 0.480 e. The molecule has 24 heavy (non-hydrogen) atoms. The van der Waals surface area contributed by atoms with Gasteiger partial charge in [0.25, 0.3) is 11.7 Å². The van der Waals surface area contributed by atoms with Gasteiger partial charge in [-0.3, -0.25) is 9.69 Å². The average molecular weight is 400 g/mol. The molecule has 0 aromatic rings. The zero-order valence-corrected chi connectivity index (χ0v) is 15.5. The van der Waals surface area contributed by atoms with Crippen molar-refractivity contribution in [2.75, 3.05) is 13.1 Å².